The lowest BCUT2D eigenvalue weighted by atomic mass is 9.57. The number of hydrogen-bond acceptors (Lipinski definition) is 12. The molecule has 6 atom stereocenters. The molecule has 4 aliphatic rings. The number of azo groups is 2. The first kappa shape index (κ1) is 40.9. The second kappa shape index (κ2) is 16.4. The number of carbonyl (C=O) groups is 4. The van der Waals surface area contributed by atoms with E-state index in [1.165, 1.54) is 23.0 Å². The van der Waals surface area contributed by atoms with Gasteiger partial charge >= 0.3 is 0 Å². The summed E-state index contributed by atoms with van der Waals surface area (Å²) in [4.78, 5) is 64.5. The summed E-state index contributed by atoms with van der Waals surface area (Å²) in [5.41, 5.74) is 6.48. The zero-order valence-electron chi connectivity index (χ0n) is 35.5. The van der Waals surface area contributed by atoms with Crippen LogP contribution in [0.15, 0.2) is 147 Å². The molecular formula is C49H46N8O6. The van der Waals surface area contributed by atoms with E-state index in [4.69, 9.17) is 4.74 Å². The normalized spacial score (nSPS) is 23.0. The first-order valence-electron chi connectivity index (χ1n) is 20.8. The van der Waals surface area contributed by atoms with Gasteiger partial charge in [-0.15, -0.1) is 0 Å². The predicted molar refractivity (Wildman–Crippen MR) is 240 cm³/mol. The number of hydrogen-bond donors (Lipinski definition) is 1. The van der Waals surface area contributed by atoms with Gasteiger partial charge in [0, 0.05) is 51.0 Å². The number of nitrogens with zero attached hydrogens (tertiary/aromatic N) is 8. The Hall–Kier alpha value is -7.48. The highest BCUT2D eigenvalue weighted by molar-refractivity contribution is 6.24. The molecule has 9 rings (SSSR count). The van der Waals surface area contributed by atoms with E-state index in [2.05, 4.69) is 20.5 Å². The molecule has 14 heteroatoms. The average molecular weight is 843 g/mol. The largest absolute Gasteiger partial charge is 0.508 e. The zero-order chi connectivity index (χ0) is 44.1. The average Bonchev–Trinajstić information content (AvgIpc) is 3.70. The highest BCUT2D eigenvalue weighted by Gasteiger charge is 2.62. The Bertz CT molecular complexity index is 2690. The lowest BCUT2D eigenvalue weighted by molar-refractivity contribution is -0.126. The van der Waals surface area contributed by atoms with Crippen LogP contribution in [0.5, 0.6) is 11.5 Å². The third-order valence-corrected chi connectivity index (χ3v) is 12.7. The Morgan fingerprint density at radius 2 is 1.00 bits per heavy atom. The monoisotopic (exact) mass is 842 g/mol. The number of anilines is 4. The van der Waals surface area contributed by atoms with Crippen LogP contribution in [0.2, 0.25) is 0 Å². The number of phenolic OH excluding ortho intramolecular Hbond substituents is 1. The van der Waals surface area contributed by atoms with Crippen molar-refractivity contribution in [2.24, 2.45) is 50.0 Å². The van der Waals surface area contributed by atoms with E-state index in [1.807, 2.05) is 92.6 Å². The first-order chi connectivity index (χ1) is 30.4. The fourth-order valence-corrected chi connectivity index (χ4v) is 9.56. The quantitative estimate of drug-likeness (QED) is 0.0827. The molecule has 2 heterocycles. The minimum atomic E-state index is -0.880. The number of ether oxygens (including phenoxy) is 1. The molecule has 2 aliphatic heterocycles. The highest BCUT2D eigenvalue weighted by Crippen LogP contribution is 2.59. The maximum Gasteiger partial charge on any atom is 0.238 e. The van der Waals surface area contributed by atoms with Crippen LogP contribution in [0.25, 0.3) is 0 Å². The van der Waals surface area contributed by atoms with Crippen molar-refractivity contribution in [2.45, 2.75) is 18.8 Å². The molecule has 1 saturated carbocycles. The van der Waals surface area contributed by atoms with E-state index >= 15 is 0 Å². The highest BCUT2D eigenvalue weighted by atomic mass is 16.5. The number of amides is 4. The molecule has 2 aliphatic carbocycles. The number of carbonyl (C=O) groups excluding carboxylic acids is 4. The van der Waals surface area contributed by atoms with Gasteiger partial charge in [-0.25, -0.2) is 0 Å². The first-order valence-corrected chi connectivity index (χ1v) is 20.8. The Morgan fingerprint density at radius 3 is 1.46 bits per heavy atom. The van der Waals surface area contributed by atoms with E-state index in [-0.39, 0.29) is 30.4 Å². The molecule has 5 aromatic carbocycles. The summed E-state index contributed by atoms with van der Waals surface area (Å²) in [7, 11) is 9.36. The summed E-state index contributed by atoms with van der Waals surface area (Å²) in [5.74, 6) is -5.58. The molecule has 63 heavy (non-hydrogen) atoms. The standard InChI is InChI=1S/C49H46N8O6/c1-54(2)32-14-6-28(7-15-32)50-52-30-10-18-34(19-11-30)56-46(59)38-24-23-37-39(44(38)48(56)61)27-41-45(43(37)40-26-36(63-5)22-25-42(40)58)49(62)57(47(41)60)35-20-12-31(13-21-35)53-51-29-8-16-33(17-9-29)55(3)4/h6-23,25-26,38-39,41,43-45,58H,24,27H2,1-5H3/t38-,39+,41+,43+,44-,45+/m0/s1. The van der Waals surface area contributed by atoms with Crippen molar-refractivity contribution in [2.75, 3.05) is 54.9 Å². The van der Waals surface area contributed by atoms with Crippen molar-refractivity contribution < 1.29 is 29.0 Å². The molecule has 318 valence electrons. The summed E-state index contributed by atoms with van der Waals surface area (Å²) >= 11 is 0. The number of fused-ring (bicyclic) bond motifs is 4. The van der Waals surface area contributed by atoms with Crippen molar-refractivity contribution in [1.82, 2.24) is 0 Å². The van der Waals surface area contributed by atoms with E-state index in [0.717, 1.165) is 16.9 Å². The van der Waals surface area contributed by atoms with Gasteiger partial charge in [0.15, 0.2) is 0 Å². The molecule has 0 aromatic heterocycles. The van der Waals surface area contributed by atoms with Crippen LogP contribution in [0.3, 0.4) is 0 Å². The van der Waals surface area contributed by atoms with E-state index < -0.39 is 47.3 Å². The van der Waals surface area contributed by atoms with Gasteiger partial charge in [0.05, 0.1) is 64.9 Å². The molecular weight excluding hydrogens is 797 g/mol. The zero-order valence-corrected chi connectivity index (χ0v) is 35.5. The number of phenols is 1. The number of imide groups is 2. The van der Waals surface area contributed by atoms with Crippen molar-refractivity contribution in [3.63, 3.8) is 0 Å². The van der Waals surface area contributed by atoms with Crippen LogP contribution < -0.4 is 24.3 Å². The molecule has 0 unspecified atom stereocenters. The maximum atomic E-state index is 14.7. The summed E-state index contributed by atoms with van der Waals surface area (Å²) < 4.78 is 5.55. The summed E-state index contributed by atoms with van der Waals surface area (Å²) in [5, 5.41) is 28.8. The fraction of sp³-hybridized carbons (Fsp3) is 0.265. The number of aromatic hydroxyl groups is 1. The Labute approximate surface area is 364 Å². The maximum absolute atomic E-state index is 14.7. The van der Waals surface area contributed by atoms with Gasteiger partial charge in [-0.05, 0) is 134 Å². The molecule has 14 nitrogen and oxygen atoms in total. The van der Waals surface area contributed by atoms with Crippen LogP contribution in [0.4, 0.5) is 45.5 Å². The third kappa shape index (κ3) is 7.40. The summed E-state index contributed by atoms with van der Waals surface area (Å²) in [6, 6.07) is 33.6. The van der Waals surface area contributed by atoms with Crippen molar-refractivity contribution >= 4 is 69.1 Å². The molecule has 1 N–H and O–H groups in total. The second-order valence-electron chi connectivity index (χ2n) is 16.7. The van der Waals surface area contributed by atoms with Crippen LogP contribution in [-0.2, 0) is 19.2 Å². The van der Waals surface area contributed by atoms with Gasteiger partial charge in [0.25, 0.3) is 0 Å². The van der Waals surface area contributed by atoms with Crippen LogP contribution in [0.1, 0.15) is 24.3 Å². The summed E-state index contributed by atoms with van der Waals surface area (Å²) in [6.07, 6.45) is 2.39. The summed E-state index contributed by atoms with van der Waals surface area (Å²) in [6.45, 7) is 0. The van der Waals surface area contributed by atoms with E-state index in [1.54, 1.807) is 60.7 Å². The van der Waals surface area contributed by atoms with Gasteiger partial charge in [0.1, 0.15) is 11.5 Å². The number of benzene rings is 5. The van der Waals surface area contributed by atoms with Gasteiger partial charge < -0.3 is 19.6 Å². The minimum absolute atomic E-state index is 0.0636. The molecule has 5 aromatic rings. The van der Waals surface area contributed by atoms with Gasteiger partial charge in [-0.3, -0.25) is 29.0 Å². The van der Waals surface area contributed by atoms with Crippen LogP contribution in [-0.4, -0.2) is 64.0 Å². The van der Waals surface area contributed by atoms with Gasteiger partial charge in [-0.2, -0.15) is 20.5 Å². The molecule has 4 amide bonds. The van der Waals surface area contributed by atoms with Crippen molar-refractivity contribution in [1.29, 1.82) is 0 Å². The molecule has 0 radical (unpaired) electrons. The van der Waals surface area contributed by atoms with Crippen molar-refractivity contribution in [3.8, 4) is 11.5 Å². The topological polar surface area (TPSA) is 160 Å². The number of rotatable bonds is 10. The molecule has 3 fully saturated rings. The second-order valence-corrected chi connectivity index (χ2v) is 16.7. The van der Waals surface area contributed by atoms with Gasteiger partial charge in [-0.1, -0.05) is 11.6 Å². The number of methoxy groups -OCH3 is 1. The lowest BCUT2D eigenvalue weighted by Gasteiger charge is -2.44. The predicted octanol–water partition coefficient (Wildman–Crippen LogP) is 9.41. The minimum Gasteiger partial charge on any atom is -0.508 e. The molecule has 0 bridgehead atoms. The molecule has 0 spiro atoms. The smallest absolute Gasteiger partial charge is 0.238 e. The SMILES string of the molecule is COc1ccc(O)c([C@H]2C3=CC[C@@H]4C(=O)N(c5ccc(N=Nc6ccc(N(C)C)cc6)cc5)C(=O)[C@@H]4[C@@H]3C[C@H]3C(=O)N(c4ccc(N=Nc5ccc(N(C)C)cc5)cc4)C(=O)[C@@H]23)c1. The van der Waals surface area contributed by atoms with Gasteiger partial charge in [0.2, 0.25) is 23.6 Å². The molecule has 2 saturated heterocycles. The van der Waals surface area contributed by atoms with E-state index in [0.29, 0.717) is 45.4 Å². The van der Waals surface area contributed by atoms with Crippen LogP contribution >= 0.6 is 0 Å². The Kier molecular flexibility index (Phi) is 10.7. The number of allylic oxidation sites excluding steroid dienone is 2. The Morgan fingerprint density at radius 1 is 0.556 bits per heavy atom. The van der Waals surface area contributed by atoms with E-state index in [9.17, 15) is 24.3 Å². The van der Waals surface area contributed by atoms with Crippen molar-refractivity contribution in [3.05, 3.63) is 132 Å². The lowest BCUT2D eigenvalue weighted by Crippen LogP contribution is -2.43. The Balaban J connectivity index is 0.997. The third-order valence-electron chi connectivity index (χ3n) is 12.7. The van der Waals surface area contributed by atoms with Crippen LogP contribution in [0, 0.1) is 29.6 Å². The fourth-order valence-electron chi connectivity index (χ4n) is 9.56.